The fourth-order valence-electron chi connectivity index (χ4n) is 4.31. The van der Waals surface area contributed by atoms with Gasteiger partial charge in [-0.3, -0.25) is 20.2 Å². The maximum atomic E-state index is 11.9. The van der Waals surface area contributed by atoms with E-state index in [9.17, 15) is 14.4 Å². The molecule has 1 saturated heterocycles. The molecule has 2 heterocycles. The van der Waals surface area contributed by atoms with Crippen LogP contribution in [0.1, 0.15) is 58.1 Å². The molecule has 0 spiro atoms. The first-order chi connectivity index (χ1) is 12.1. The highest BCUT2D eigenvalue weighted by molar-refractivity contribution is 6.31. The van der Waals surface area contributed by atoms with Crippen molar-refractivity contribution < 1.29 is 14.4 Å². The maximum absolute atomic E-state index is 11.9. The van der Waals surface area contributed by atoms with E-state index in [1.165, 1.54) is 17.3 Å². The summed E-state index contributed by atoms with van der Waals surface area (Å²) in [7, 11) is 0. The van der Waals surface area contributed by atoms with Gasteiger partial charge in [-0.1, -0.05) is 13.0 Å². The maximum Gasteiger partial charge on any atom is 0.328 e. The molecular weight excluding hydrogens is 330 g/mol. The van der Waals surface area contributed by atoms with Crippen molar-refractivity contribution in [3.63, 3.8) is 0 Å². The molecule has 1 atom stereocenters. The van der Waals surface area contributed by atoms with Crippen molar-refractivity contribution >= 4 is 29.6 Å². The second-order valence-corrected chi connectivity index (χ2v) is 7.99. The van der Waals surface area contributed by atoms with Gasteiger partial charge in [-0.05, 0) is 69.4 Å². The summed E-state index contributed by atoms with van der Waals surface area (Å²) in [5, 5.41) is 4.20. The topological polar surface area (TPSA) is 78.5 Å². The minimum atomic E-state index is -0.786. The molecule has 0 bridgehead atoms. The van der Waals surface area contributed by atoms with Crippen LogP contribution >= 0.6 is 0 Å². The molecule has 6 nitrogen and oxygen atoms in total. The van der Waals surface area contributed by atoms with E-state index >= 15 is 0 Å². The predicted octanol–water partition coefficient (Wildman–Crippen LogP) is 2.94. The third kappa shape index (κ3) is 3.11. The second-order valence-electron chi connectivity index (χ2n) is 7.99. The van der Waals surface area contributed by atoms with Gasteiger partial charge in [0.2, 0.25) is 0 Å². The molecule has 0 saturated carbocycles. The first-order valence-corrected chi connectivity index (χ1v) is 8.92. The van der Waals surface area contributed by atoms with Gasteiger partial charge in [-0.15, -0.1) is 0 Å². The Morgan fingerprint density at radius 3 is 2.35 bits per heavy atom. The van der Waals surface area contributed by atoms with Crippen molar-refractivity contribution in [2.75, 3.05) is 4.90 Å². The number of nitrogens with zero attached hydrogens (tertiary/aromatic N) is 1. The highest BCUT2D eigenvalue weighted by atomic mass is 16.2. The molecule has 1 aromatic carbocycles. The van der Waals surface area contributed by atoms with Crippen LogP contribution in [0.15, 0.2) is 23.8 Å². The summed E-state index contributed by atoms with van der Waals surface area (Å²) in [5.41, 5.74) is 3.17. The lowest BCUT2D eigenvalue weighted by molar-refractivity contribution is -0.123. The lowest BCUT2D eigenvalue weighted by Crippen LogP contribution is -2.51. The fourth-order valence-corrected chi connectivity index (χ4v) is 4.31. The van der Waals surface area contributed by atoms with E-state index in [2.05, 4.69) is 56.2 Å². The van der Waals surface area contributed by atoms with E-state index in [1.54, 1.807) is 0 Å². The Morgan fingerprint density at radius 1 is 1.15 bits per heavy atom. The van der Waals surface area contributed by atoms with Gasteiger partial charge in [-0.2, -0.15) is 0 Å². The van der Waals surface area contributed by atoms with Crippen molar-refractivity contribution in [2.45, 2.75) is 58.5 Å². The number of imide groups is 2. The van der Waals surface area contributed by atoms with E-state index in [1.807, 2.05) is 12.1 Å². The Kier molecular flexibility index (Phi) is 4.38. The number of hydrogen-bond acceptors (Lipinski definition) is 4. The standard InChI is InChI=1S/C20H25N3O3/c1-11(2)23-16-7-6-13(8-14(16)12(3)10-20(23,4)5)9-15-17(24)21-19(26)22-18(15)25/h6-9,11-12H,10H2,1-5H3,(H2,21,22,24,25,26)/t12-/m1/s1. The zero-order valence-electron chi connectivity index (χ0n) is 15.8. The number of hydrogen-bond donors (Lipinski definition) is 2. The Labute approximate surface area is 153 Å². The molecule has 1 fully saturated rings. The Bertz CT molecular complexity index is 802. The highest BCUT2D eigenvalue weighted by Crippen LogP contribution is 2.44. The van der Waals surface area contributed by atoms with Crippen LogP contribution in [0.3, 0.4) is 0 Å². The van der Waals surface area contributed by atoms with E-state index in [4.69, 9.17) is 0 Å². The van der Waals surface area contributed by atoms with Crippen molar-refractivity contribution in [2.24, 2.45) is 0 Å². The number of carbonyl (C=O) groups is 3. The predicted molar refractivity (Wildman–Crippen MR) is 101 cm³/mol. The summed E-state index contributed by atoms with van der Waals surface area (Å²) in [6.45, 7) is 11.1. The Balaban J connectivity index is 2.03. The van der Waals surface area contributed by atoms with Gasteiger partial charge in [-0.25, -0.2) is 4.79 Å². The third-order valence-electron chi connectivity index (χ3n) is 5.07. The summed E-state index contributed by atoms with van der Waals surface area (Å²) >= 11 is 0. The molecule has 0 aliphatic carbocycles. The number of benzene rings is 1. The smallest absolute Gasteiger partial charge is 0.328 e. The first-order valence-electron chi connectivity index (χ1n) is 8.92. The van der Waals surface area contributed by atoms with Crippen LogP contribution in [-0.4, -0.2) is 29.4 Å². The van der Waals surface area contributed by atoms with Crippen LogP contribution in [0.4, 0.5) is 10.5 Å². The van der Waals surface area contributed by atoms with Crippen molar-refractivity contribution in [1.29, 1.82) is 0 Å². The number of urea groups is 1. The molecule has 4 amide bonds. The van der Waals surface area contributed by atoms with Gasteiger partial charge >= 0.3 is 6.03 Å². The molecule has 2 aliphatic heterocycles. The average Bonchev–Trinajstić information content (AvgIpc) is 2.50. The fraction of sp³-hybridized carbons (Fsp3) is 0.450. The number of fused-ring (bicyclic) bond motifs is 1. The van der Waals surface area contributed by atoms with Gasteiger partial charge in [0, 0.05) is 17.3 Å². The van der Waals surface area contributed by atoms with E-state index < -0.39 is 17.8 Å². The molecule has 26 heavy (non-hydrogen) atoms. The molecule has 0 unspecified atom stereocenters. The molecular formula is C20H25N3O3. The normalized spacial score (nSPS) is 22.1. The van der Waals surface area contributed by atoms with Gasteiger partial charge in [0.1, 0.15) is 5.57 Å². The van der Waals surface area contributed by atoms with E-state index in [0.717, 1.165) is 12.0 Å². The largest absolute Gasteiger partial charge is 0.364 e. The zero-order chi connectivity index (χ0) is 19.2. The Morgan fingerprint density at radius 2 is 1.77 bits per heavy atom. The van der Waals surface area contributed by atoms with E-state index in [-0.39, 0.29) is 11.1 Å². The van der Waals surface area contributed by atoms with Crippen LogP contribution in [-0.2, 0) is 9.59 Å². The number of barbiturate groups is 1. The van der Waals surface area contributed by atoms with Crippen molar-refractivity contribution in [3.05, 3.63) is 34.9 Å². The Hall–Kier alpha value is -2.63. The number of amides is 4. The number of nitrogens with one attached hydrogen (secondary N) is 2. The number of carbonyl (C=O) groups excluding carboxylic acids is 3. The van der Waals surface area contributed by atoms with E-state index in [0.29, 0.717) is 12.0 Å². The van der Waals surface area contributed by atoms with Crippen LogP contribution in [0.25, 0.3) is 6.08 Å². The second kappa shape index (κ2) is 6.27. The molecule has 138 valence electrons. The SMILES string of the molecule is CC(C)N1c2ccc(C=C3C(=O)NC(=O)NC3=O)cc2[C@H](C)CC1(C)C. The van der Waals surface area contributed by atoms with Gasteiger partial charge < -0.3 is 4.90 Å². The lowest BCUT2D eigenvalue weighted by Gasteiger charge is -2.50. The summed E-state index contributed by atoms with van der Waals surface area (Å²) in [6, 6.07) is 5.58. The zero-order valence-corrected chi connectivity index (χ0v) is 15.8. The highest BCUT2D eigenvalue weighted by Gasteiger charge is 2.37. The van der Waals surface area contributed by atoms with Crippen LogP contribution < -0.4 is 15.5 Å². The molecule has 2 aliphatic rings. The summed E-state index contributed by atoms with van der Waals surface area (Å²) in [4.78, 5) is 37.5. The van der Waals surface area contributed by atoms with Crippen LogP contribution in [0.5, 0.6) is 0 Å². The molecule has 0 radical (unpaired) electrons. The summed E-state index contributed by atoms with van der Waals surface area (Å²) in [5.74, 6) is -0.979. The molecule has 6 heteroatoms. The average molecular weight is 355 g/mol. The minimum Gasteiger partial charge on any atom is -0.364 e. The number of anilines is 1. The van der Waals surface area contributed by atoms with Crippen LogP contribution in [0.2, 0.25) is 0 Å². The molecule has 1 aromatic rings. The third-order valence-corrected chi connectivity index (χ3v) is 5.07. The molecule has 3 rings (SSSR count). The van der Waals surface area contributed by atoms with Gasteiger partial charge in [0.25, 0.3) is 11.8 Å². The molecule has 2 N–H and O–H groups in total. The summed E-state index contributed by atoms with van der Waals surface area (Å²) in [6.07, 6.45) is 2.55. The molecule has 0 aromatic heterocycles. The quantitative estimate of drug-likeness (QED) is 0.631. The summed E-state index contributed by atoms with van der Waals surface area (Å²) < 4.78 is 0. The van der Waals surface area contributed by atoms with Crippen molar-refractivity contribution in [1.82, 2.24) is 10.6 Å². The monoisotopic (exact) mass is 355 g/mol. The lowest BCUT2D eigenvalue weighted by atomic mass is 9.79. The minimum absolute atomic E-state index is 0.0596. The van der Waals surface area contributed by atoms with Crippen molar-refractivity contribution in [3.8, 4) is 0 Å². The van der Waals surface area contributed by atoms with Crippen LogP contribution in [0, 0.1) is 0 Å². The van der Waals surface area contributed by atoms with Gasteiger partial charge in [0.15, 0.2) is 0 Å². The van der Waals surface area contributed by atoms with Gasteiger partial charge in [0.05, 0.1) is 0 Å². The number of rotatable bonds is 2. The first kappa shape index (κ1) is 18.2.